The largest absolute Gasteiger partial charge is 0.399 e. The molecule has 1 unspecified atom stereocenters. The van der Waals surface area contributed by atoms with Crippen molar-refractivity contribution >= 4 is 33.3 Å². The fourth-order valence-corrected chi connectivity index (χ4v) is 6.20. The van der Waals surface area contributed by atoms with Gasteiger partial charge in [0.2, 0.25) is 0 Å². The number of benzene rings is 3. The highest BCUT2D eigenvalue weighted by Gasteiger charge is 2.24. The van der Waals surface area contributed by atoms with Crippen LogP contribution in [0.25, 0.3) is 21.8 Å². The van der Waals surface area contributed by atoms with Gasteiger partial charge in [0.15, 0.2) is 0 Å². The minimum Gasteiger partial charge on any atom is -0.399 e. The summed E-state index contributed by atoms with van der Waals surface area (Å²) < 4.78 is 2.45. The zero-order valence-electron chi connectivity index (χ0n) is 21.9. The van der Waals surface area contributed by atoms with Gasteiger partial charge in [-0.05, 0) is 65.8 Å². The number of ketones is 1. The molecule has 4 heteroatoms. The van der Waals surface area contributed by atoms with Gasteiger partial charge in [0.05, 0.1) is 5.52 Å². The number of Topliss-reactive ketones (excluding diaryl/α,β-unsaturated/α-hetero) is 1. The Kier molecular flexibility index (Phi) is 6.96. The van der Waals surface area contributed by atoms with E-state index in [1.807, 2.05) is 48.7 Å². The van der Waals surface area contributed by atoms with E-state index >= 15 is 0 Å². The van der Waals surface area contributed by atoms with E-state index in [9.17, 15) is 4.79 Å². The Morgan fingerprint density at radius 3 is 2.55 bits per heavy atom. The summed E-state index contributed by atoms with van der Waals surface area (Å²) in [5.41, 5.74) is 12.1. The van der Waals surface area contributed by atoms with Crippen LogP contribution in [0.1, 0.15) is 61.1 Å². The zero-order valence-corrected chi connectivity index (χ0v) is 21.9. The first kappa shape index (κ1) is 24.4. The van der Waals surface area contributed by atoms with E-state index < -0.39 is 0 Å². The van der Waals surface area contributed by atoms with E-state index in [0.717, 1.165) is 34.5 Å². The molecular formula is C34H35N3O. The van der Waals surface area contributed by atoms with Crippen LogP contribution in [0.4, 0.5) is 5.69 Å². The average Bonchev–Trinajstić information content (AvgIpc) is 3.31. The second-order valence-electron chi connectivity index (χ2n) is 10.9. The molecule has 1 aliphatic rings. The number of fused-ring (bicyclic) bond motifs is 2. The van der Waals surface area contributed by atoms with E-state index in [4.69, 9.17) is 10.7 Å². The van der Waals surface area contributed by atoms with Gasteiger partial charge in [-0.1, -0.05) is 67.8 Å². The quantitative estimate of drug-likeness (QED) is 0.222. The van der Waals surface area contributed by atoms with Crippen LogP contribution in [0.2, 0.25) is 0 Å². The van der Waals surface area contributed by atoms with Gasteiger partial charge in [0, 0.05) is 59.7 Å². The van der Waals surface area contributed by atoms with Gasteiger partial charge in [-0.3, -0.25) is 9.78 Å². The van der Waals surface area contributed by atoms with Crippen LogP contribution in [0, 0.1) is 5.92 Å². The average molecular weight is 502 g/mol. The highest BCUT2D eigenvalue weighted by atomic mass is 16.1. The third kappa shape index (κ3) is 5.22. The van der Waals surface area contributed by atoms with Gasteiger partial charge in [-0.25, -0.2) is 0 Å². The maximum Gasteiger partial charge on any atom is 0.138 e. The van der Waals surface area contributed by atoms with Crippen LogP contribution in [0.5, 0.6) is 0 Å². The number of nitrogen functional groups attached to an aromatic ring is 1. The number of nitrogens with zero attached hydrogens (tertiary/aromatic N) is 2. The lowest BCUT2D eigenvalue weighted by Crippen LogP contribution is -2.14. The van der Waals surface area contributed by atoms with Gasteiger partial charge in [-0.15, -0.1) is 0 Å². The van der Waals surface area contributed by atoms with E-state index in [1.54, 1.807) is 0 Å². The summed E-state index contributed by atoms with van der Waals surface area (Å²) >= 11 is 0. The number of carbonyl (C=O) groups is 1. The van der Waals surface area contributed by atoms with Crippen LogP contribution in [0.3, 0.4) is 0 Å². The zero-order chi connectivity index (χ0) is 25.9. The minimum absolute atomic E-state index is 0.0640. The summed E-state index contributed by atoms with van der Waals surface area (Å²) in [6.07, 6.45) is 11.8. The first-order valence-electron chi connectivity index (χ1n) is 13.9. The van der Waals surface area contributed by atoms with Crippen molar-refractivity contribution in [2.45, 2.75) is 57.4 Å². The van der Waals surface area contributed by atoms with Crippen LogP contribution in [-0.2, 0) is 17.8 Å². The van der Waals surface area contributed by atoms with Crippen molar-refractivity contribution in [2.75, 3.05) is 5.73 Å². The number of pyridine rings is 1. The summed E-state index contributed by atoms with van der Waals surface area (Å²) in [5, 5.41) is 2.34. The maximum absolute atomic E-state index is 13.5. The van der Waals surface area contributed by atoms with Crippen LogP contribution in [0.15, 0.2) is 91.3 Å². The molecule has 2 N–H and O–H groups in total. The van der Waals surface area contributed by atoms with Gasteiger partial charge >= 0.3 is 0 Å². The molecule has 2 heterocycles. The molecule has 0 saturated heterocycles. The fraction of sp³-hybridized carbons (Fsp3) is 0.294. The fourth-order valence-electron chi connectivity index (χ4n) is 6.20. The predicted molar refractivity (Wildman–Crippen MR) is 156 cm³/mol. The summed E-state index contributed by atoms with van der Waals surface area (Å²) in [5.74, 6) is 0.878. The molecular weight excluding hydrogens is 466 g/mol. The lowest BCUT2D eigenvalue weighted by Gasteiger charge is -2.22. The van der Waals surface area contributed by atoms with E-state index in [2.05, 4.69) is 47.2 Å². The van der Waals surface area contributed by atoms with Crippen molar-refractivity contribution < 1.29 is 4.79 Å². The monoisotopic (exact) mass is 501 g/mol. The Morgan fingerprint density at radius 1 is 0.947 bits per heavy atom. The van der Waals surface area contributed by atoms with Crippen LogP contribution >= 0.6 is 0 Å². The number of aromatic nitrogens is 2. The van der Waals surface area contributed by atoms with Gasteiger partial charge in [0.25, 0.3) is 0 Å². The second kappa shape index (κ2) is 10.8. The Labute approximate surface area is 224 Å². The van der Waals surface area contributed by atoms with E-state index in [-0.39, 0.29) is 11.7 Å². The van der Waals surface area contributed by atoms with Gasteiger partial charge < -0.3 is 10.3 Å². The molecule has 0 bridgehead atoms. The Morgan fingerprint density at radius 2 is 1.71 bits per heavy atom. The summed E-state index contributed by atoms with van der Waals surface area (Å²) in [7, 11) is 0. The number of carbonyl (C=O) groups excluding carboxylic acids is 1. The lowest BCUT2D eigenvalue weighted by atomic mass is 9.86. The molecule has 1 fully saturated rings. The first-order chi connectivity index (χ1) is 18.6. The van der Waals surface area contributed by atoms with Gasteiger partial charge in [-0.2, -0.15) is 0 Å². The standard InChI is InChI=1S/C34H35N3O/c35-28-16-14-24(15-17-28)18-29(38)20-31(27-19-26-10-4-6-12-33(26)36-21-27)32-23-37(22-25-8-2-1-3-9-25)34-13-7-5-11-30(32)34/h4-7,10-17,19,21,23,25,31H,1-3,8-9,18,20,22,35H2. The van der Waals surface area contributed by atoms with E-state index in [0.29, 0.717) is 18.5 Å². The number of hydrogen-bond donors (Lipinski definition) is 1. The molecule has 0 spiro atoms. The molecule has 0 aliphatic heterocycles. The first-order valence-corrected chi connectivity index (χ1v) is 13.9. The number of hydrogen-bond acceptors (Lipinski definition) is 3. The summed E-state index contributed by atoms with van der Waals surface area (Å²) in [6, 6.07) is 26.8. The summed E-state index contributed by atoms with van der Waals surface area (Å²) in [6.45, 7) is 1.04. The highest BCUT2D eigenvalue weighted by Crippen LogP contribution is 2.37. The van der Waals surface area contributed by atoms with Crippen LogP contribution < -0.4 is 5.73 Å². The third-order valence-electron chi connectivity index (χ3n) is 8.20. The molecule has 2 aromatic heterocycles. The molecule has 0 amide bonds. The normalized spacial score (nSPS) is 15.2. The second-order valence-corrected chi connectivity index (χ2v) is 10.9. The van der Waals surface area contributed by atoms with Crippen molar-refractivity contribution in [1.82, 2.24) is 9.55 Å². The highest BCUT2D eigenvalue weighted by molar-refractivity contribution is 5.88. The number of anilines is 1. The number of rotatable bonds is 8. The van der Waals surface area contributed by atoms with E-state index in [1.165, 1.54) is 48.6 Å². The Balaban J connectivity index is 1.39. The molecule has 192 valence electrons. The summed E-state index contributed by atoms with van der Waals surface area (Å²) in [4.78, 5) is 18.3. The van der Waals surface area contributed by atoms with Crippen molar-refractivity contribution in [1.29, 1.82) is 0 Å². The SMILES string of the molecule is Nc1ccc(CC(=O)CC(c2cnc3ccccc3c2)c2cn(CC3CCCCC3)c3ccccc23)cc1. The Bertz CT molecular complexity index is 1560. The lowest BCUT2D eigenvalue weighted by molar-refractivity contribution is -0.118. The predicted octanol–water partition coefficient (Wildman–Crippen LogP) is 7.69. The third-order valence-corrected chi connectivity index (χ3v) is 8.20. The molecule has 1 aliphatic carbocycles. The maximum atomic E-state index is 13.5. The topological polar surface area (TPSA) is 60.9 Å². The van der Waals surface area contributed by atoms with Crippen molar-refractivity contribution in [2.24, 2.45) is 5.92 Å². The molecule has 1 atom stereocenters. The number of para-hydroxylation sites is 2. The van der Waals surface area contributed by atoms with Crippen molar-refractivity contribution in [3.63, 3.8) is 0 Å². The van der Waals surface area contributed by atoms with Crippen LogP contribution in [-0.4, -0.2) is 15.3 Å². The molecule has 4 nitrogen and oxygen atoms in total. The Hall–Kier alpha value is -3.92. The molecule has 1 saturated carbocycles. The molecule has 0 radical (unpaired) electrons. The smallest absolute Gasteiger partial charge is 0.138 e. The minimum atomic E-state index is -0.0640. The molecule has 5 aromatic rings. The van der Waals surface area contributed by atoms with Gasteiger partial charge in [0.1, 0.15) is 5.78 Å². The molecule has 6 rings (SSSR count). The van der Waals surface area contributed by atoms with Crippen molar-refractivity contribution in [3.05, 3.63) is 108 Å². The van der Waals surface area contributed by atoms with Crippen molar-refractivity contribution in [3.8, 4) is 0 Å². The number of nitrogens with two attached hydrogens (primary N) is 1. The molecule has 3 aromatic carbocycles. The molecule has 38 heavy (non-hydrogen) atoms.